The summed E-state index contributed by atoms with van der Waals surface area (Å²) in [5, 5.41) is 19.6. The van der Waals surface area contributed by atoms with Gasteiger partial charge in [0.05, 0.1) is 7.11 Å². The SMILES string of the molecule is COc1c(C)c(O)c(C)c(CCC(F)(F)F)c1O. The molecule has 0 saturated carbocycles. The van der Waals surface area contributed by atoms with Crippen LogP contribution in [-0.4, -0.2) is 23.5 Å². The van der Waals surface area contributed by atoms with E-state index in [1.807, 2.05) is 0 Å². The number of methoxy groups -OCH3 is 1. The molecule has 1 rings (SSSR count). The molecule has 3 nitrogen and oxygen atoms in total. The van der Waals surface area contributed by atoms with Crippen molar-refractivity contribution >= 4 is 0 Å². The number of halogens is 3. The Kier molecular flexibility index (Phi) is 3.98. The molecule has 18 heavy (non-hydrogen) atoms. The van der Waals surface area contributed by atoms with Gasteiger partial charge in [-0.05, 0) is 25.8 Å². The minimum absolute atomic E-state index is 0.00951. The molecule has 0 bridgehead atoms. The summed E-state index contributed by atoms with van der Waals surface area (Å²) in [6.45, 7) is 2.99. The van der Waals surface area contributed by atoms with Gasteiger partial charge in [0.25, 0.3) is 0 Å². The molecule has 0 unspecified atom stereocenters. The van der Waals surface area contributed by atoms with Gasteiger partial charge in [-0.3, -0.25) is 0 Å². The summed E-state index contributed by atoms with van der Waals surface area (Å²) >= 11 is 0. The van der Waals surface area contributed by atoms with E-state index in [9.17, 15) is 23.4 Å². The zero-order valence-electron chi connectivity index (χ0n) is 10.4. The molecule has 0 aliphatic heterocycles. The molecule has 102 valence electrons. The lowest BCUT2D eigenvalue weighted by Crippen LogP contribution is -2.09. The number of hydrogen-bond acceptors (Lipinski definition) is 3. The second-order valence-corrected chi connectivity index (χ2v) is 4.07. The maximum absolute atomic E-state index is 12.2. The van der Waals surface area contributed by atoms with E-state index in [1.54, 1.807) is 0 Å². The molecule has 0 fully saturated rings. The molecule has 0 aliphatic carbocycles. The van der Waals surface area contributed by atoms with E-state index in [2.05, 4.69) is 0 Å². The molecule has 0 amide bonds. The van der Waals surface area contributed by atoms with Gasteiger partial charge in [-0.2, -0.15) is 13.2 Å². The fourth-order valence-electron chi connectivity index (χ4n) is 1.85. The third-order valence-corrected chi connectivity index (χ3v) is 2.87. The Balaban J connectivity index is 3.23. The van der Waals surface area contributed by atoms with Crippen molar-refractivity contribution in [2.75, 3.05) is 7.11 Å². The average Bonchev–Trinajstić information content (AvgIpc) is 2.25. The van der Waals surface area contributed by atoms with Crippen LogP contribution < -0.4 is 4.74 Å². The van der Waals surface area contributed by atoms with Crippen LogP contribution in [0.3, 0.4) is 0 Å². The van der Waals surface area contributed by atoms with E-state index in [4.69, 9.17) is 4.74 Å². The van der Waals surface area contributed by atoms with Crippen molar-refractivity contribution in [2.45, 2.75) is 32.9 Å². The van der Waals surface area contributed by atoms with Crippen LogP contribution in [-0.2, 0) is 6.42 Å². The highest BCUT2D eigenvalue weighted by Crippen LogP contribution is 2.43. The van der Waals surface area contributed by atoms with Gasteiger partial charge in [-0.1, -0.05) is 0 Å². The van der Waals surface area contributed by atoms with Crippen LogP contribution in [0.2, 0.25) is 0 Å². The summed E-state index contributed by atoms with van der Waals surface area (Å²) in [6.07, 6.45) is -5.77. The van der Waals surface area contributed by atoms with Crippen molar-refractivity contribution in [1.82, 2.24) is 0 Å². The minimum atomic E-state index is -4.31. The molecule has 0 saturated heterocycles. The summed E-state index contributed by atoms with van der Waals surface area (Å²) < 4.78 is 41.5. The van der Waals surface area contributed by atoms with Crippen molar-refractivity contribution in [2.24, 2.45) is 0 Å². The van der Waals surface area contributed by atoms with Gasteiger partial charge in [0.15, 0.2) is 11.5 Å². The van der Waals surface area contributed by atoms with Crippen LogP contribution in [0.15, 0.2) is 0 Å². The van der Waals surface area contributed by atoms with Crippen molar-refractivity contribution < 1.29 is 28.1 Å². The van der Waals surface area contributed by atoms with E-state index in [0.717, 1.165) is 0 Å². The van der Waals surface area contributed by atoms with Gasteiger partial charge in [-0.25, -0.2) is 0 Å². The lowest BCUT2D eigenvalue weighted by molar-refractivity contribution is -0.134. The summed E-state index contributed by atoms with van der Waals surface area (Å²) in [7, 11) is 1.28. The summed E-state index contributed by atoms with van der Waals surface area (Å²) in [5.41, 5.74) is 0.616. The topological polar surface area (TPSA) is 49.7 Å². The molecule has 0 heterocycles. The molecular formula is C12H15F3O3. The quantitative estimate of drug-likeness (QED) is 0.824. The van der Waals surface area contributed by atoms with Gasteiger partial charge >= 0.3 is 6.18 Å². The Morgan fingerprint density at radius 3 is 2.06 bits per heavy atom. The molecule has 1 aromatic rings. The molecule has 0 aromatic heterocycles. The number of hydrogen-bond donors (Lipinski definition) is 2. The van der Waals surface area contributed by atoms with E-state index in [1.165, 1.54) is 21.0 Å². The number of ether oxygens (including phenoxy) is 1. The predicted octanol–water partition coefficient (Wildman–Crippen LogP) is 3.22. The number of phenols is 2. The summed E-state index contributed by atoms with van der Waals surface area (Å²) in [4.78, 5) is 0. The fraction of sp³-hybridized carbons (Fsp3) is 0.500. The van der Waals surface area contributed by atoms with Crippen LogP contribution in [0.1, 0.15) is 23.1 Å². The first-order chi connectivity index (χ1) is 8.19. The van der Waals surface area contributed by atoms with Crippen LogP contribution in [0.25, 0.3) is 0 Å². The second kappa shape index (κ2) is 4.96. The third-order valence-electron chi connectivity index (χ3n) is 2.87. The standard InChI is InChI=1S/C12H15F3O3/c1-6-8(4-5-12(13,14)15)10(17)11(18-3)7(2)9(6)16/h16-17H,4-5H2,1-3H3. The molecule has 2 N–H and O–H groups in total. The monoisotopic (exact) mass is 264 g/mol. The highest BCUT2D eigenvalue weighted by Gasteiger charge is 2.29. The van der Waals surface area contributed by atoms with Crippen LogP contribution in [0, 0.1) is 13.8 Å². The lowest BCUT2D eigenvalue weighted by atomic mass is 9.97. The van der Waals surface area contributed by atoms with Gasteiger partial charge in [0.1, 0.15) is 5.75 Å². The Morgan fingerprint density at radius 2 is 1.61 bits per heavy atom. The molecule has 0 aliphatic rings. The Bertz CT molecular complexity index is 453. The minimum Gasteiger partial charge on any atom is -0.507 e. The largest absolute Gasteiger partial charge is 0.507 e. The normalized spacial score (nSPS) is 11.7. The van der Waals surface area contributed by atoms with Crippen molar-refractivity contribution in [3.63, 3.8) is 0 Å². The van der Waals surface area contributed by atoms with E-state index in [-0.39, 0.29) is 28.4 Å². The number of rotatable bonds is 3. The average molecular weight is 264 g/mol. The maximum Gasteiger partial charge on any atom is 0.389 e. The zero-order valence-corrected chi connectivity index (χ0v) is 10.4. The second-order valence-electron chi connectivity index (χ2n) is 4.07. The van der Waals surface area contributed by atoms with Crippen LogP contribution >= 0.6 is 0 Å². The van der Waals surface area contributed by atoms with E-state index >= 15 is 0 Å². The summed E-state index contributed by atoms with van der Waals surface area (Å²) in [5.74, 6) is -0.480. The number of benzene rings is 1. The zero-order chi connectivity index (χ0) is 14.1. The lowest BCUT2D eigenvalue weighted by Gasteiger charge is -2.17. The smallest absolute Gasteiger partial charge is 0.389 e. The van der Waals surface area contributed by atoms with Gasteiger partial charge in [0.2, 0.25) is 0 Å². The first-order valence-electron chi connectivity index (χ1n) is 5.33. The molecule has 6 heteroatoms. The van der Waals surface area contributed by atoms with Crippen molar-refractivity contribution in [3.8, 4) is 17.2 Å². The highest BCUT2D eigenvalue weighted by molar-refractivity contribution is 5.61. The molecule has 0 spiro atoms. The molecule has 0 radical (unpaired) electrons. The van der Waals surface area contributed by atoms with Gasteiger partial charge in [-0.15, -0.1) is 0 Å². The van der Waals surface area contributed by atoms with Gasteiger partial charge in [0, 0.05) is 17.5 Å². The first-order valence-corrected chi connectivity index (χ1v) is 5.33. The highest BCUT2D eigenvalue weighted by atomic mass is 19.4. The van der Waals surface area contributed by atoms with Crippen molar-refractivity contribution in [3.05, 3.63) is 16.7 Å². The third kappa shape index (κ3) is 2.80. The first kappa shape index (κ1) is 14.5. The van der Waals surface area contributed by atoms with Crippen LogP contribution in [0.5, 0.6) is 17.2 Å². The predicted molar refractivity (Wildman–Crippen MR) is 60.2 cm³/mol. The Morgan fingerprint density at radius 1 is 1.06 bits per heavy atom. The molecule has 1 aromatic carbocycles. The Labute approximate surface area is 103 Å². The van der Waals surface area contributed by atoms with E-state index < -0.39 is 19.0 Å². The number of alkyl halides is 3. The summed E-state index contributed by atoms with van der Waals surface area (Å²) in [6, 6.07) is 0. The Hall–Kier alpha value is -1.59. The fourth-order valence-corrected chi connectivity index (χ4v) is 1.85. The number of phenolic OH excluding ortho intramolecular Hbond substituents is 2. The maximum atomic E-state index is 12.2. The molecular weight excluding hydrogens is 249 g/mol. The molecule has 0 atom stereocenters. The van der Waals surface area contributed by atoms with Crippen LogP contribution in [0.4, 0.5) is 13.2 Å². The number of aromatic hydroxyl groups is 2. The van der Waals surface area contributed by atoms with Crippen molar-refractivity contribution in [1.29, 1.82) is 0 Å². The van der Waals surface area contributed by atoms with E-state index in [0.29, 0.717) is 5.56 Å². The van der Waals surface area contributed by atoms with Gasteiger partial charge < -0.3 is 14.9 Å².